The summed E-state index contributed by atoms with van der Waals surface area (Å²) in [5.41, 5.74) is 4.45. The summed E-state index contributed by atoms with van der Waals surface area (Å²) in [6, 6.07) is 7.20. The first-order valence-electron chi connectivity index (χ1n) is 9.94. The van der Waals surface area contributed by atoms with E-state index in [0.717, 1.165) is 12.8 Å². The molecule has 1 aromatic carbocycles. The highest BCUT2D eigenvalue weighted by molar-refractivity contribution is 5.66. The number of hydrogen-bond acceptors (Lipinski definition) is 2. The van der Waals surface area contributed by atoms with Gasteiger partial charge in [0.2, 0.25) is 0 Å². The van der Waals surface area contributed by atoms with E-state index < -0.39 is 0 Å². The zero-order chi connectivity index (χ0) is 18.2. The van der Waals surface area contributed by atoms with E-state index in [1.54, 1.807) is 0 Å². The molecular weight excluding hydrogens is 304 g/mol. The molecule has 0 amide bonds. The van der Waals surface area contributed by atoms with Gasteiger partial charge in [-0.05, 0) is 42.9 Å². The number of fused-ring (bicyclic) bond motifs is 3. The summed E-state index contributed by atoms with van der Waals surface area (Å²) in [4.78, 5) is 4.87. The molecular formula is C23H34N2. The van der Waals surface area contributed by atoms with Crippen LogP contribution >= 0.6 is 0 Å². The van der Waals surface area contributed by atoms with Crippen LogP contribution in [0.2, 0.25) is 0 Å². The Labute approximate surface area is 154 Å². The third-order valence-corrected chi connectivity index (χ3v) is 7.01. The molecule has 0 fully saturated rings. The molecule has 0 saturated heterocycles. The zero-order valence-electron chi connectivity index (χ0n) is 16.7. The predicted molar refractivity (Wildman–Crippen MR) is 109 cm³/mol. The van der Waals surface area contributed by atoms with E-state index in [0.29, 0.717) is 6.17 Å². The molecule has 3 atom stereocenters. The third kappa shape index (κ3) is 2.37. The van der Waals surface area contributed by atoms with Crippen LogP contribution in [0.5, 0.6) is 0 Å². The molecule has 0 aliphatic carbocycles. The Kier molecular flexibility index (Phi) is 4.74. The summed E-state index contributed by atoms with van der Waals surface area (Å²) >= 11 is 0. The second-order valence-electron chi connectivity index (χ2n) is 7.98. The fourth-order valence-electron chi connectivity index (χ4n) is 5.26. The first kappa shape index (κ1) is 18.1. The number of unbranched alkanes of at least 4 members (excludes halogenated alkanes) is 1. The summed E-state index contributed by atoms with van der Waals surface area (Å²) in [7, 11) is 2.21. The minimum atomic E-state index is 0.0257. The van der Waals surface area contributed by atoms with Crippen LogP contribution in [0.15, 0.2) is 43.3 Å². The van der Waals surface area contributed by atoms with E-state index in [4.69, 9.17) is 0 Å². The minimum absolute atomic E-state index is 0.0257. The van der Waals surface area contributed by atoms with Gasteiger partial charge >= 0.3 is 0 Å². The van der Waals surface area contributed by atoms with Gasteiger partial charge in [0.05, 0.1) is 0 Å². The Balaban J connectivity index is 2.21. The van der Waals surface area contributed by atoms with Crippen LogP contribution in [0.25, 0.3) is 0 Å². The largest absolute Gasteiger partial charge is 0.358 e. The van der Waals surface area contributed by atoms with Crippen LogP contribution < -0.4 is 4.90 Å². The monoisotopic (exact) mass is 338 g/mol. The summed E-state index contributed by atoms with van der Waals surface area (Å²) in [6.07, 6.45) is 12.9. The van der Waals surface area contributed by atoms with Gasteiger partial charge in [-0.25, -0.2) is 0 Å². The van der Waals surface area contributed by atoms with E-state index in [1.807, 2.05) is 0 Å². The molecule has 2 nitrogen and oxygen atoms in total. The fourth-order valence-corrected chi connectivity index (χ4v) is 5.26. The van der Waals surface area contributed by atoms with Gasteiger partial charge in [0.1, 0.15) is 6.17 Å². The first-order valence-corrected chi connectivity index (χ1v) is 9.94. The fraction of sp³-hybridized carbons (Fsp3) is 0.565. The van der Waals surface area contributed by atoms with Gasteiger partial charge in [-0.15, -0.1) is 6.58 Å². The summed E-state index contributed by atoms with van der Waals surface area (Å²) in [6.45, 7) is 13.7. The van der Waals surface area contributed by atoms with Crippen LogP contribution in [0.4, 0.5) is 5.69 Å². The number of aryl methyl sites for hydroxylation is 1. The van der Waals surface area contributed by atoms with Crippen molar-refractivity contribution in [3.63, 3.8) is 0 Å². The van der Waals surface area contributed by atoms with Crippen LogP contribution in [0, 0.1) is 5.41 Å². The molecule has 2 aliphatic heterocycles. The SMILES string of the molecule is C=CC1(CC)C2N(C)C=CN2c2cc(CCCC)ccc2C1(C)CC. The maximum Gasteiger partial charge on any atom is 0.115 e. The molecule has 0 spiro atoms. The van der Waals surface area contributed by atoms with E-state index in [1.165, 1.54) is 36.1 Å². The quantitative estimate of drug-likeness (QED) is 0.601. The highest BCUT2D eigenvalue weighted by atomic mass is 15.4. The molecule has 3 unspecified atom stereocenters. The Hall–Kier alpha value is -1.70. The normalized spacial score (nSPS) is 30.4. The Morgan fingerprint density at radius 2 is 1.92 bits per heavy atom. The molecule has 2 aliphatic rings. The lowest BCUT2D eigenvalue weighted by molar-refractivity contribution is 0.0690. The van der Waals surface area contributed by atoms with Gasteiger partial charge < -0.3 is 9.80 Å². The summed E-state index contributed by atoms with van der Waals surface area (Å²) in [5, 5.41) is 0. The predicted octanol–water partition coefficient (Wildman–Crippen LogP) is 5.84. The highest BCUT2D eigenvalue weighted by Crippen LogP contribution is 2.59. The Morgan fingerprint density at radius 1 is 1.16 bits per heavy atom. The molecule has 0 aromatic heterocycles. The van der Waals surface area contributed by atoms with Crippen molar-refractivity contribution in [2.75, 3.05) is 11.9 Å². The van der Waals surface area contributed by atoms with Gasteiger partial charge in [-0.3, -0.25) is 0 Å². The molecule has 3 rings (SSSR count). The minimum Gasteiger partial charge on any atom is -0.358 e. The lowest BCUT2D eigenvalue weighted by atomic mass is 9.54. The first-order chi connectivity index (χ1) is 12.0. The van der Waals surface area contributed by atoms with E-state index in [9.17, 15) is 0 Å². The van der Waals surface area contributed by atoms with Crippen LogP contribution in [0.1, 0.15) is 64.5 Å². The lowest BCUT2D eigenvalue weighted by Crippen LogP contribution is -2.61. The standard InChI is InChI=1S/C23H34N2/c1-7-11-12-18-13-14-19-20(17-18)25-16-15-24(6)21(25)23(9-3,10-4)22(19,5)8-2/h9,13-17,21H,3,7-8,10-12H2,1-2,4-6H3. The number of rotatable bonds is 6. The number of benzene rings is 1. The molecule has 0 radical (unpaired) electrons. The van der Waals surface area contributed by atoms with Crippen LogP contribution in [-0.4, -0.2) is 18.1 Å². The maximum atomic E-state index is 4.32. The molecule has 0 saturated carbocycles. The number of anilines is 1. The average molecular weight is 339 g/mol. The topological polar surface area (TPSA) is 6.48 Å². The molecule has 2 heterocycles. The smallest absolute Gasteiger partial charge is 0.115 e. The average Bonchev–Trinajstić information content (AvgIpc) is 3.03. The van der Waals surface area contributed by atoms with Crippen molar-refractivity contribution in [3.05, 3.63) is 54.4 Å². The van der Waals surface area contributed by atoms with Crippen LogP contribution in [-0.2, 0) is 11.8 Å². The number of nitrogens with zero attached hydrogens (tertiary/aromatic N) is 2. The number of hydrogen-bond donors (Lipinski definition) is 0. The molecule has 0 bridgehead atoms. The Bertz CT molecular complexity index is 677. The van der Waals surface area contributed by atoms with Gasteiger partial charge in [-0.2, -0.15) is 0 Å². The van der Waals surface area contributed by atoms with Crippen molar-refractivity contribution in [2.24, 2.45) is 5.41 Å². The highest BCUT2D eigenvalue weighted by Gasteiger charge is 2.58. The van der Waals surface area contributed by atoms with Crippen molar-refractivity contribution in [1.29, 1.82) is 0 Å². The van der Waals surface area contributed by atoms with Crippen LogP contribution in [0.3, 0.4) is 0 Å². The molecule has 0 N–H and O–H groups in total. The summed E-state index contributed by atoms with van der Waals surface area (Å²) < 4.78 is 0. The summed E-state index contributed by atoms with van der Waals surface area (Å²) in [5.74, 6) is 0. The van der Waals surface area contributed by atoms with Crippen molar-refractivity contribution in [1.82, 2.24) is 4.90 Å². The van der Waals surface area contributed by atoms with E-state index >= 15 is 0 Å². The second-order valence-corrected chi connectivity index (χ2v) is 7.98. The Morgan fingerprint density at radius 3 is 2.52 bits per heavy atom. The molecule has 1 aromatic rings. The molecule has 136 valence electrons. The van der Waals surface area contributed by atoms with E-state index in [-0.39, 0.29) is 10.8 Å². The zero-order valence-corrected chi connectivity index (χ0v) is 16.7. The van der Waals surface area contributed by atoms with Gasteiger partial charge in [-0.1, -0.05) is 52.3 Å². The molecule has 25 heavy (non-hydrogen) atoms. The molecule has 2 heteroatoms. The van der Waals surface area contributed by atoms with E-state index in [2.05, 4.69) is 87.8 Å². The van der Waals surface area contributed by atoms with Gasteiger partial charge in [0.15, 0.2) is 0 Å². The second kappa shape index (κ2) is 6.55. The van der Waals surface area contributed by atoms with Crippen molar-refractivity contribution in [2.45, 2.75) is 71.4 Å². The van der Waals surface area contributed by atoms with Crippen molar-refractivity contribution >= 4 is 5.69 Å². The van der Waals surface area contributed by atoms with Crippen molar-refractivity contribution in [3.8, 4) is 0 Å². The third-order valence-electron chi connectivity index (χ3n) is 7.01. The maximum absolute atomic E-state index is 4.32. The lowest BCUT2D eigenvalue weighted by Gasteiger charge is -2.59. The van der Waals surface area contributed by atoms with Gasteiger partial charge in [0, 0.05) is 36.0 Å². The van der Waals surface area contributed by atoms with Gasteiger partial charge in [0.25, 0.3) is 0 Å². The van der Waals surface area contributed by atoms with Crippen molar-refractivity contribution < 1.29 is 0 Å².